The van der Waals surface area contributed by atoms with E-state index in [9.17, 15) is 10.2 Å². The number of aliphatic hydroxyl groups is 2. The lowest BCUT2D eigenvalue weighted by Gasteiger charge is -2.28. The average molecular weight is 427 g/mol. The molecule has 0 spiro atoms. The summed E-state index contributed by atoms with van der Waals surface area (Å²) in [6.45, 7) is 0.0113. The van der Waals surface area contributed by atoms with Gasteiger partial charge in [0.1, 0.15) is 24.4 Å². The molecule has 2 aromatic rings. The molecular weight excluding hydrogens is 407 g/mol. The van der Waals surface area contributed by atoms with E-state index in [0.717, 1.165) is 11.1 Å². The smallest absolute Gasteiger partial charge is 0.184 e. The second-order valence-electron chi connectivity index (χ2n) is 6.76. The third-order valence-electron chi connectivity index (χ3n) is 4.82. The van der Waals surface area contributed by atoms with Crippen molar-refractivity contribution >= 4 is 23.2 Å². The molecule has 6 nitrogen and oxygen atoms in total. The Bertz CT molecular complexity index is 762. The van der Waals surface area contributed by atoms with Crippen molar-refractivity contribution in [1.82, 2.24) is 0 Å². The van der Waals surface area contributed by atoms with Crippen molar-refractivity contribution in [3.8, 4) is 0 Å². The molecule has 0 saturated carbocycles. The van der Waals surface area contributed by atoms with E-state index >= 15 is 0 Å². The predicted octanol–water partition coefficient (Wildman–Crippen LogP) is 3.24. The molecule has 0 aliphatic carbocycles. The van der Waals surface area contributed by atoms with Crippen LogP contribution in [0.3, 0.4) is 0 Å². The number of ether oxygens (including phenoxy) is 4. The summed E-state index contributed by atoms with van der Waals surface area (Å²) >= 11 is 11.9. The molecule has 0 aromatic heterocycles. The fourth-order valence-corrected chi connectivity index (χ4v) is 3.48. The first-order valence-electron chi connectivity index (χ1n) is 8.92. The van der Waals surface area contributed by atoms with Crippen molar-refractivity contribution in [3.05, 3.63) is 69.7 Å². The van der Waals surface area contributed by atoms with Gasteiger partial charge in [-0.1, -0.05) is 47.5 Å². The zero-order valence-corrected chi connectivity index (χ0v) is 16.3. The third-order valence-corrected chi connectivity index (χ3v) is 5.32. The van der Waals surface area contributed by atoms with Crippen molar-refractivity contribution in [2.24, 2.45) is 0 Å². The van der Waals surface area contributed by atoms with Crippen LogP contribution in [0.2, 0.25) is 10.0 Å². The Balaban J connectivity index is 1.58. The van der Waals surface area contributed by atoms with Gasteiger partial charge in [0.2, 0.25) is 0 Å². The summed E-state index contributed by atoms with van der Waals surface area (Å²) in [5.41, 5.74) is 1.48. The number of rotatable bonds is 2. The zero-order chi connectivity index (χ0) is 19.7. The van der Waals surface area contributed by atoms with Gasteiger partial charge < -0.3 is 29.2 Å². The summed E-state index contributed by atoms with van der Waals surface area (Å²) in [6, 6.07) is 14.1. The highest BCUT2D eigenvalue weighted by Gasteiger charge is 2.42. The Morgan fingerprint density at radius 2 is 1.04 bits per heavy atom. The van der Waals surface area contributed by atoms with Crippen LogP contribution >= 0.6 is 23.2 Å². The van der Waals surface area contributed by atoms with Crippen molar-refractivity contribution in [2.75, 3.05) is 13.2 Å². The molecule has 2 saturated heterocycles. The first-order chi connectivity index (χ1) is 13.5. The lowest BCUT2D eigenvalue weighted by Crippen LogP contribution is -2.45. The van der Waals surface area contributed by atoms with Crippen LogP contribution < -0.4 is 0 Å². The Kier molecular flexibility index (Phi) is 6.20. The zero-order valence-electron chi connectivity index (χ0n) is 14.8. The maximum atomic E-state index is 10.6. The number of hydrogen-bond acceptors (Lipinski definition) is 6. The summed E-state index contributed by atoms with van der Waals surface area (Å²) < 4.78 is 23.6. The highest BCUT2D eigenvalue weighted by molar-refractivity contribution is 6.30. The summed E-state index contributed by atoms with van der Waals surface area (Å²) in [6.07, 6.45) is -5.48. The molecule has 8 heteroatoms. The van der Waals surface area contributed by atoms with Crippen LogP contribution in [0.25, 0.3) is 0 Å². The number of aliphatic hydroxyl groups excluding tert-OH is 2. The lowest BCUT2D eigenvalue weighted by atomic mass is 10.0. The van der Waals surface area contributed by atoms with Gasteiger partial charge in [-0.3, -0.25) is 0 Å². The SMILES string of the molecule is O[C@@H]1[C@@H](O)[C@H]2COC(c3ccc(Cl)cc3)OC[C@@H]1OC(c1ccc(Cl)cc1)O2. The standard InChI is InChI=1S/C20H20Cl2O6/c21-13-5-1-11(2-6-13)19-25-9-15-17(23)18(24)16(10-26-19)28-20(27-15)12-3-7-14(22)8-4-12/h1-8,15-20,23-24H,9-10H2/t15-,16+,17-,18-,19?,20?/m0/s1. The van der Waals surface area contributed by atoms with E-state index in [1.54, 1.807) is 48.5 Å². The Morgan fingerprint density at radius 1 is 0.643 bits per heavy atom. The molecule has 2 N–H and O–H groups in total. The van der Waals surface area contributed by atoms with E-state index in [-0.39, 0.29) is 13.2 Å². The van der Waals surface area contributed by atoms with E-state index < -0.39 is 37.0 Å². The van der Waals surface area contributed by atoms with E-state index in [4.69, 9.17) is 42.1 Å². The Labute approximate surface area is 172 Å². The molecule has 2 bridgehead atoms. The van der Waals surface area contributed by atoms with E-state index in [1.165, 1.54) is 0 Å². The van der Waals surface area contributed by atoms with Gasteiger partial charge in [-0.15, -0.1) is 0 Å². The molecule has 6 atom stereocenters. The lowest BCUT2D eigenvalue weighted by molar-refractivity contribution is -0.252. The number of benzene rings is 2. The fourth-order valence-electron chi connectivity index (χ4n) is 3.23. The molecule has 2 fully saturated rings. The monoisotopic (exact) mass is 426 g/mol. The first-order valence-corrected chi connectivity index (χ1v) is 9.68. The van der Waals surface area contributed by atoms with Crippen molar-refractivity contribution in [2.45, 2.75) is 37.0 Å². The summed E-state index contributed by atoms with van der Waals surface area (Å²) in [4.78, 5) is 0. The average Bonchev–Trinajstić information content (AvgIpc) is 2.78. The van der Waals surface area contributed by atoms with Crippen LogP contribution in [0.5, 0.6) is 0 Å². The minimum absolute atomic E-state index is 0.00564. The molecule has 2 aromatic carbocycles. The largest absolute Gasteiger partial charge is 0.387 e. The topological polar surface area (TPSA) is 77.4 Å². The molecule has 2 aliphatic rings. The van der Waals surface area contributed by atoms with Crippen LogP contribution in [0.4, 0.5) is 0 Å². The van der Waals surface area contributed by atoms with E-state index in [2.05, 4.69) is 0 Å². The van der Waals surface area contributed by atoms with Crippen LogP contribution in [0.1, 0.15) is 23.7 Å². The van der Waals surface area contributed by atoms with E-state index in [0.29, 0.717) is 10.0 Å². The second-order valence-corrected chi connectivity index (χ2v) is 7.64. The Morgan fingerprint density at radius 3 is 1.46 bits per heavy atom. The van der Waals surface area contributed by atoms with Crippen molar-refractivity contribution < 1.29 is 29.2 Å². The molecule has 2 aliphatic heterocycles. The maximum Gasteiger partial charge on any atom is 0.184 e. The van der Waals surface area contributed by atoms with Crippen LogP contribution in [0, 0.1) is 0 Å². The molecule has 28 heavy (non-hydrogen) atoms. The molecule has 2 heterocycles. The van der Waals surface area contributed by atoms with E-state index in [1.807, 2.05) is 0 Å². The third kappa shape index (κ3) is 4.35. The summed E-state index contributed by atoms with van der Waals surface area (Å²) in [7, 11) is 0. The van der Waals surface area contributed by atoms with Gasteiger partial charge in [0, 0.05) is 21.2 Å². The molecule has 4 rings (SSSR count). The number of hydrogen-bond donors (Lipinski definition) is 2. The quantitative estimate of drug-likeness (QED) is 0.767. The van der Waals surface area contributed by atoms with Gasteiger partial charge >= 0.3 is 0 Å². The van der Waals surface area contributed by atoms with Gasteiger partial charge in [-0.25, -0.2) is 0 Å². The Hall–Kier alpha value is -1.22. The molecule has 0 radical (unpaired) electrons. The van der Waals surface area contributed by atoms with Crippen LogP contribution in [0.15, 0.2) is 48.5 Å². The van der Waals surface area contributed by atoms with Gasteiger partial charge in [0.25, 0.3) is 0 Å². The second kappa shape index (κ2) is 8.65. The minimum Gasteiger partial charge on any atom is -0.387 e. The number of halogens is 2. The van der Waals surface area contributed by atoms with Crippen LogP contribution in [-0.4, -0.2) is 47.8 Å². The van der Waals surface area contributed by atoms with Gasteiger partial charge in [0.05, 0.1) is 13.2 Å². The fraction of sp³-hybridized carbons (Fsp3) is 0.400. The predicted molar refractivity (Wildman–Crippen MR) is 102 cm³/mol. The van der Waals surface area contributed by atoms with Gasteiger partial charge in [-0.05, 0) is 24.3 Å². The van der Waals surface area contributed by atoms with Crippen molar-refractivity contribution in [1.29, 1.82) is 0 Å². The van der Waals surface area contributed by atoms with Gasteiger partial charge in [-0.2, -0.15) is 0 Å². The molecular formula is C20H20Cl2O6. The molecule has 0 amide bonds. The highest BCUT2D eigenvalue weighted by atomic mass is 35.5. The van der Waals surface area contributed by atoms with Crippen LogP contribution in [-0.2, 0) is 18.9 Å². The first kappa shape index (κ1) is 20.1. The normalized spacial score (nSPS) is 33.6. The van der Waals surface area contributed by atoms with Crippen molar-refractivity contribution in [3.63, 3.8) is 0 Å². The summed E-state index contributed by atoms with van der Waals surface area (Å²) in [5.74, 6) is 0. The molecule has 2 unspecified atom stereocenters. The minimum atomic E-state index is -1.19. The maximum absolute atomic E-state index is 10.6. The van der Waals surface area contributed by atoms with Gasteiger partial charge in [0.15, 0.2) is 12.6 Å². The number of fused-ring (bicyclic) bond motifs is 3. The highest BCUT2D eigenvalue weighted by Crippen LogP contribution is 2.33. The summed E-state index contributed by atoms with van der Waals surface area (Å²) in [5, 5.41) is 22.3. The molecule has 150 valence electrons.